The second-order valence-corrected chi connectivity index (χ2v) is 21.1. The molecule has 2 heterocycles. The number of nitrogens with zero attached hydrogens (tertiary/aromatic N) is 6. The highest BCUT2D eigenvalue weighted by atomic mass is 15.2. The van der Waals surface area contributed by atoms with E-state index in [4.69, 9.17) is 9.97 Å². The van der Waals surface area contributed by atoms with Gasteiger partial charge in [-0.25, -0.2) is 9.97 Å². The van der Waals surface area contributed by atoms with Gasteiger partial charge in [-0.15, -0.1) is 0 Å². The zero-order chi connectivity index (χ0) is 52.6. The van der Waals surface area contributed by atoms with Crippen molar-refractivity contribution in [3.63, 3.8) is 0 Å². The first kappa shape index (κ1) is 46.0. The first-order valence-corrected chi connectivity index (χ1v) is 27.1. The smallest absolute Gasteiger partial charge is 0.145 e. The van der Waals surface area contributed by atoms with Crippen LogP contribution in [-0.2, 0) is 5.41 Å². The highest BCUT2D eigenvalue weighted by Crippen LogP contribution is 2.53. The number of benzene rings is 12. The van der Waals surface area contributed by atoms with Gasteiger partial charge in [0.05, 0.1) is 22.1 Å². The Morgan fingerprint density at radius 2 is 0.646 bits per heavy atom. The monoisotopic (exact) mass is 1010 g/mol. The average Bonchev–Trinajstić information content (AvgIpc) is 4.35. The van der Waals surface area contributed by atoms with Gasteiger partial charge in [0.15, 0.2) is 0 Å². The molecule has 12 aromatic carbocycles. The summed E-state index contributed by atoms with van der Waals surface area (Å²) in [6, 6.07) is 101. The lowest BCUT2D eigenvalue weighted by Gasteiger charge is -2.29. The van der Waals surface area contributed by atoms with Gasteiger partial charge in [-0.2, -0.15) is 0 Å². The fourth-order valence-electron chi connectivity index (χ4n) is 12.2. The quantitative estimate of drug-likeness (QED) is 0.137. The molecule has 0 amide bonds. The predicted octanol–water partition coefficient (Wildman–Crippen LogP) is 19.3. The third kappa shape index (κ3) is 7.79. The molecule has 0 radical (unpaired) electrons. The Hall–Kier alpha value is -10.3. The van der Waals surface area contributed by atoms with Crippen molar-refractivity contribution in [2.45, 2.75) is 19.3 Å². The van der Waals surface area contributed by atoms with Crippen molar-refractivity contribution < 1.29 is 0 Å². The molecule has 14 aromatic rings. The molecule has 0 spiro atoms. The molecule has 0 saturated heterocycles. The van der Waals surface area contributed by atoms with E-state index in [1.54, 1.807) is 0 Å². The molecular formula is C73H52N6. The van der Waals surface area contributed by atoms with Crippen molar-refractivity contribution in [1.29, 1.82) is 0 Å². The van der Waals surface area contributed by atoms with Crippen LogP contribution < -0.4 is 9.80 Å². The second kappa shape index (κ2) is 18.5. The zero-order valence-electron chi connectivity index (χ0n) is 43.7. The Morgan fingerprint density at radius 3 is 1.08 bits per heavy atom. The molecule has 15 rings (SSSR count). The van der Waals surface area contributed by atoms with Crippen LogP contribution in [0.25, 0.3) is 88.9 Å². The first-order chi connectivity index (χ1) is 38.9. The fraction of sp³-hybridized carbons (Fsp3) is 0.0411. The Morgan fingerprint density at radius 1 is 0.304 bits per heavy atom. The molecule has 0 fully saturated rings. The lowest BCUT2D eigenvalue weighted by atomic mass is 9.82. The van der Waals surface area contributed by atoms with E-state index in [9.17, 15) is 0 Å². The minimum absolute atomic E-state index is 0.332. The minimum Gasteiger partial charge on any atom is -0.310 e. The van der Waals surface area contributed by atoms with Crippen LogP contribution in [0.2, 0.25) is 0 Å². The summed E-state index contributed by atoms with van der Waals surface area (Å²) in [6.07, 6.45) is 0. The van der Waals surface area contributed by atoms with E-state index >= 15 is 0 Å². The number of hydrogen-bond donors (Lipinski definition) is 0. The molecule has 0 unspecified atom stereocenters. The summed E-state index contributed by atoms with van der Waals surface area (Å²) in [6.45, 7) is 4.76. The van der Waals surface area contributed by atoms with Crippen LogP contribution in [0.5, 0.6) is 0 Å². The van der Waals surface area contributed by atoms with Crippen molar-refractivity contribution in [2.24, 2.45) is 0 Å². The summed E-state index contributed by atoms with van der Waals surface area (Å²) in [5.74, 6) is 1.81. The number of fused-ring (bicyclic) bond motifs is 7. The first-order valence-electron chi connectivity index (χ1n) is 27.1. The summed E-state index contributed by atoms with van der Waals surface area (Å²) >= 11 is 0. The Labute approximate surface area is 459 Å². The van der Waals surface area contributed by atoms with Crippen LogP contribution in [0.3, 0.4) is 0 Å². The fourth-order valence-corrected chi connectivity index (χ4v) is 12.2. The van der Waals surface area contributed by atoms with E-state index in [0.29, 0.717) is 0 Å². The normalized spacial score (nSPS) is 12.5. The molecule has 1 aliphatic carbocycles. The lowest BCUT2D eigenvalue weighted by Crippen LogP contribution is -2.17. The standard InChI is InChI=1S/C73H52N6/c1-73(2)65-47-61(76(59-39-29-49-17-9-11-19-53(49)45-59)57-35-31-51(32-36-57)71-74-67-25-13-15-27-69(67)78(71)55-21-5-3-6-22-55)41-43-63(65)64-44-42-62(48-66(64)73)77(60-40-30-50-18-10-12-20-54(50)46-60)58-37-33-52(34-38-58)72-75-68-26-14-16-28-70(68)79(72)56-23-7-4-8-24-56/h3-48H,1-2H3. The second-order valence-electron chi connectivity index (χ2n) is 21.1. The number of aromatic nitrogens is 4. The van der Waals surface area contributed by atoms with E-state index in [-0.39, 0.29) is 5.41 Å². The Kier molecular flexibility index (Phi) is 10.8. The van der Waals surface area contributed by atoms with Crippen LogP contribution in [-0.4, -0.2) is 19.1 Å². The molecule has 0 bridgehead atoms. The van der Waals surface area contributed by atoms with Crippen molar-refractivity contribution in [2.75, 3.05) is 9.80 Å². The maximum absolute atomic E-state index is 5.20. The lowest BCUT2D eigenvalue weighted by molar-refractivity contribution is 0.660. The third-order valence-electron chi connectivity index (χ3n) is 16.1. The summed E-state index contributed by atoms with van der Waals surface area (Å²) in [5.41, 5.74) is 19.6. The largest absolute Gasteiger partial charge is 0.310 e. The number of anilines is 6. The number of para-hydroxylation sites is 6. The molecule has 374 valence electrons. The van der Waals surface area contributed by atoms with Gasteiger partial charge in [0.1, 0.15) is 11.6 Å². The number of imidazole rings is 2. The Balaban J connectivity index is 0.822. The molecule has 2 aromatic heterocycles. The van der Waals surface area contributed by atoms with Crippen LogP contribution in [0.1, 0.15) is 25.0 Å². The maximum Gasteiger partial charge on any atom is 0.145 e. The predicted molar refractivity (Wildman–Crippen MR) is 329 cm³/mol. The SMILES string of the molecule is CC1(C)c2cc(N(c3ccc(-c4nc5ccccc5n4-c4ccccc4)cc3)c3ccc4ccccc4c3)ccc2-c2ccc(N(c3ccc(-c4nc5ccccc5n4-c4ccccc4)cc3)c3ccc4ccccc4c3)cc21. The molecule has 0 aliphatic heterocycles. The van der Waals surface area contributed by atoms with Gasteiger partial charge in [-0.05, 0) is 189 Å². The molecule has 6 nitrogen and oxygen atoms in total. The highest BCUT2D eigenvalue weighted by Gasteiger charge is 2.37. The molecule has 6 heteroatoms. The molecular weight excluding hydrogens is 961 g/mol. The van der Waals surface area contributed by atoms with Gasteiger partial charge < -0.3 is 9.80 Å². The molecule has 0 N–H and O–H groups in total. The topological polar surface area (TPSA) is 42.1 Å². The minimum atomic E-state index is -0.332. The van der Waals surface area contributed by atoms with Crippen molar-refractivity contribution >= 4 is 77.7 Å². The summed E-state index contributed by atoms with van der Waals surface area (Å²) < 4.78 is 4.53. The van der Waals surface area contributed by atoms with Gasteiger partial charge in [0, 0.05) is 62.0 Å². The summed E-state index contributed by atoms with van der Waals surface area (Å²) in [5, 5.41) is 4.80. The maximum atomic E-state index is 5.20. The molecule has 79 heavy (non-hydrogen) atoms. The molecule has 1 aliphatic rings. The van der Waals surface area contributed by atoms with Gasteiger partial charge in [-0.3, -0.25) is 9.13 Å². The highest BCUT2D eigenvalue weighted by molar-refractivity contribution is 5.94. The van der Waals surface area contributed by atoms with Crippen molar-refractivity contribution in [1.82, 2.24) is 19.1 Å². The van der Waals surface area contributed by atoms with Crippen molar-refractivity contribution in [3.05, 3.63) is 290 Å². The number of hydrogen-bond acceptors (Lipinski definition) is 4. The van der Waals surface area contributed by atoms with Crippen LogP contribution in [0.15, 0.2) is 279 Å². The van der Waals surface area contributed by atoms with Gasteiger partial charge in [-0.1, -0.05) is 147 Å². The Bertz CT molecular complexity index is 4330. The zero-order valence-corrected chi connectivity index (χ0v) is 43.7. The van der Waals surface area contributed by atoms with Crippen LogP contribution in [0, 0.1) is 0 Å². The number of rotatable bonds is 10. The summed E-state index contributed by atoms with van der Waals surface area (Å²) in [4.78, 5) is 15.2. The van der Waals surface area contributed by atoms with Gasteiger partial charge in [0.2, 0.25) is 0 Å². The molecule has 0 saturated carbocycles. The van der Waals surface area contributed by atoms with E-state index in [2.05, 4.69) is 312 Å². The molecule has 0 atom stereocenters. The average molecular weight is 1010 g/mol. The van der Waals surface area contributed by atoms with E-state index in [0.717, 1.165) is 90.3 Å². The van der Waals surface area contributed by atoms with E-state index < -0.39 is 0 Å². The van der Waals surface area contributed by atoms with Crippen molar-refractivity contribution in [3.8, 4) is 45.3 Å². The van der Waals surface area contributed by atoms with E-state index in [1.807, 2.05) is 0 Å². The van der Waals surface area contributed by atoms with Gasteiger partial charge >= 0.3 is 0 Å². The van der Waals surface area contributed by atoms with Crippen LogP contribution >= 0.6 is 0 Å². The summed E-state index contributed by atoms with van der Waals surface area (Å²) in [7, 11) is 0. The van der Waals surface area contributed by atoms with Crippen LogP contribution in [0.4, 0.5) is 34.1 Å². The third-order valence-corrected chi connectivity index (χ3v) is 16.1. The van der Waals surface area contributed by atoms with E-state index in [1.165, 1.54) is 43.8 Å². The van der Waals surface area contributed by atoms with Gasteiger partial charge in [0.25, 0.3) is 0 Å².